The molecule has 5 nitrogen and oxygen atoms in total. The number of carbonyl (C=O) groups is 1. The Labute approximate surface area is 182 Å². The minimum absolute atomic E-state index is 0.147. The van der Waals surface area contributed by atoms with Gasteiger partial charge in [0.1, 0.15) is 0 Å². The van der Waals surface area contributed by atoms with E-state index >= 15 is 0 Å². The van der Waals surface area contributed by atoms with E-state index in [4.69, 9.17) is 11.6 Å². The number of carbonyl (C=O) groups excluding carboxylic acids is 1. The molecule has 2 amide bonds. The molecule has 0 heterocycles. The predicted molar refractivity (Wildman–Crippen MR) is 121 cm³/mol. The number of anilines is 1. The molecule has 3 rings (SSSR count). The molecule has 0 aliphatic heterocycles. The van der Waals surface area contributed by atoms with Crippen molar-refractivity contribution in [2.24, 2.45) is 0 Å². The highest BCUT2D eigenvalue weighted by atomic mass is 35.5. The average Bonchev–Trinajstić information content (AvgIpc) is 2.71. The Kier molecular flexibility index (Phi) is 6.80. The topological polar surface area (TPSA) is 75.3 Å². The van der Waals surface area contributed by atoms with Crippen LogP contribution in [0.1, 0.15) is 29.7 Å². The van der Waals surface area contributed by atoms with Gasteiger partial charge in [-0.15, -0.1) is 0 Å². The summed E-state index contributed by atoms with van der Waals surface area (Å²) in [7, 11) is -3.60. The molecular weight excluding hydrogens is 420 g/mol. The maximum atomic E-state index is 12.9. The number of sulfone groups is 1. The lowest BCUT2D eigenvalue weighted by atomic mass is 10.1. The third-order valence-corrected chi connectivity index (χ3v) is 6.77. The highest BCUT2D eigenvalue weighted by Crippen LogP contribution is 2.24. The lowest BCUT2D eigenvalue weighted by molar-refractivity contribution is 0.249. The van der Waals surface area contributed by atoms with E-state index in [1.54, 1.807) is 43.3 Å². The van der Waals surface area contributed by atoms with Gasteiger partial charge in [0.05, 0.1) is 16.7 Å². The Morgan fingerprint density at radius 2 is 1.67 bits per heavy atom. The van der Waals surface area contributed by atoms with E-state index in [1.165, 1.54) is 6.07 Å². The molecule has 0 aliphatic rings. The second-order valence-corrected chi connectivity index (χ2v) is 9.49. The van der Waals surface area contributed by atoms with Crippen LogP contribution in [0.4, 0.5) is 10.5 Å². The molecule has 1 atom stereocenters. The van der Waals surface area contributed by atoms with Crippen molar-refractivity contribution in [3.8, 4) is 0 Å². The molecule has 0 saturated heterocycles. The standard InChI is InChI=1S/C23H23ClN2O3S/c1-16-8-13-21(26-23(27)25-17(2)19-6-4-3-5-7-19)14-22(16)30(28,29)15-18-9-11-20(24)12-10-18/h3-14,17H,15H2,1-2H3,(H2,25,26,27)/t17-/m1/s1. The monoisotopic (exact) mass is 442 g/mol. The molecule has 156 valence electrons. The molecule has 3 aromatic rings. The fraction of sp³-hybridized carbons (Fsp3) is 0.174. The zero-order chi connectivity index (χ0) is 21.7. The first-order valence-electron chi connectivity index (χ1n) is 9.45. The Balaban J connectivity index is 1.74. The normalized spacial score (nSPS) is 12.2. The van der Waals surface area contributed by atoms with E-state index in [0.717, 1.165) is 5.56 Å². The SMILES string of the molecule is Cc1ccc(NC(=O)N[C@H](C)c2ccccc2)cc1S(=O)(=O)Cc1ccc(Cl)cc1. The van der Waals surface area contributed by atoms with Crippen LogP contribution in [0.3, 0.4) is 0 Å². The van der Waals surface area contributed by atoms with Crippen molar-refractivity contribution in [3.63, 3.8) is 0 Å². The van der Waals surface area contributed by atoms with Crippen LogP contribution in [0, 0.1) is 6.92 Å². The molecule has 0 radical (unpaired) electrons. The lowest BCUT2D eigenvalue weighted by Gasteiger charge is -2.16. The van der Waals surface area contributed by atoms with Gasteiger partial charge in [0, 0.05) is 10.7 Å². The number of amides is 2. The number of hydrogen-bond donors (Lipinski definition) is 2. The number of benzene rings is 3. The first-order valence-corrected chi connectivity index (χ1v) is 11.5. The van der Waals surface area contributed by atoms with Gasteiger partial charge in [-0.3, -0.25) is 0 Å². The summed E-state index contributed by atoms with van der Waals surface area (Å²) in [5, 5.41) is 6.12. The van der Waals surface area contributed by atoms with Gasteiger partial charge in [0.15, 0.2) is 9.84 Å². The van der Waals surface area contributed by atoms with Crippen LogP contribution in [0.5, 0.6) is 0 Å². The van der Waals surface area contributed by atoms with Crippen LogP contribution in [-0.4, -0.2) is 14.4 Å². The maximum absolute atomic E-state index is 12.9. The van der Waals surface area contributed by atoms with Crippen molar-refractivity contribution < 1.29 is 13.2 Å². The summed E-state index contributed by atoms with van der Waals surface area (Å²) in [5.41, 5.74) is 2.65. The Morgan fingerprint density at radius 3 is 2.33 bits per heavy atom. The quantitative estimate of drug-likeness (QED) is 0.528. The van der Waals surface area contributed by atoms with E-state index in [1.807, 2.05) is 37.3 Å². The second-order valence-electron chi connectivity index (χ2n) is 7.10. The van der Waals surface area contributed by atoms with Crippen LogP contribution in [-0.2, 0) is 15.6 Å². The highest BCUT2D eigenvalue weighted by Gasteiger charge is 2.19. The van der Waals surface area contributed by atoms with Crippen LogP contribution >= 0.6 is 11.6 Å². The van der Waals surface area contributed by atoms with Gasteiger partial charge < -0.3 is 10.6 Å². The van der Waals surface area contributed by atoms with Gasteiger partial charge in [-0.1, -0.05) is 60.1 Å². The molecule has 0 unspecified atom stereocenters. The van der Waals surface area contributed by atoms with Crippen LogP contribution in [0.2, 0.25) is 5.02 Å². The van der Waals surface area contributed by atoms with Crippen LogP contribution < -0.4 is 10.6 Å². The summed E-state index contributed by atoms with van der Waals surface area (Å²) in [6.45, 7) is 3.61. The zero-order valence-electron chi connectivity index (χ0n) is 16.7. The average molecular weight is 443 g/mol. The summed E-state index contributed by atoms with van der Waals surface area (Å²) >= 11 is 5.87. The van der Waals surface area contributed by atoms with E-state index < -0.39 is 15.9 Å². The van der Waals surface area contributed by atoms with Crippen molar-refractivity contribution in [2.75, 3.05) is 5.32 Å². The number of nitrogens with one attached hydrogen (secondary N) is 2. The Hall–Kier alpha value is -2.83. The van der Waals surface area contributed by atoms with Gasteiger partial charge >= 0.3 is 6.03 Å². The van der Waals surface area contributed by atoms with Crippen molar-refractivity contribution in [3.05, 3.63) is 94.5 Å². The maximum Gasteiger partial charge on any atom is 0.319 e. The summed E-state index contributed by atoms with van der Waals surface area (Å²) in [6.07, 6.45) is 0. The van der Waals surface area contributed by atoms with E-state index in [2.05, 4.69) is 10.6 Å². The third kappa shape index (κ3) is 5.62. The number of hydrogen-bond acceptors (Lipinski definition) is 3. The fourth-order valence-corrected chi connectivity index (χ4v) is 4.86. The third-order valence-electron chi connectivity index (χ3n) is 4.70. The van der Waals surface area contributed by atoms with Gasteiger partial charge in [0.25, 0.3) is 0 Å². The Bertz CT molecular complexity index is 1130. The molecule has 0 spiro atoms. The number of urea groups is 1. The van der Waals surface area contributed by atoms with Gasteiger partial charge in [-0.25, -0.2) is 13.2 Å². The molecule has 7 heteroatoms. The Morgan fingerprint density at radius 1 is 1.00 bits per heavy atom. The van der Waals surface area contributed by atoms with Crippen molar-refractivity contribution in [1.82, 2.24) is 5.32 Å². The zero-order valence-corrected chi connectivity index (χ0v) is 18.3. The van der Waals surface area contributed by atoms with Crippen molar-refractivity contribution >= 4 is 33.2 Å². The molecule has 0 aromatic heterocycles. The van der Waals surface area contributed by atoms with E-state index in [9.17, 15) is 13.2 Å². The lowest BCUT2D eigenvalue weighted by Crippen LogP contribution is -2.31. The van der Waals surface area contributed by atoms with Crippen LogP contribution in [0.25, 0.3) is 0 Å². The molecule has 0 saturated carbocycles. The van der Waals surface area contributed by atoms with Crippen LogP contribution in [0.15, 0.2) is 77.7 Å². The molecule has 2 N–H and O–H groups in total. The predicted octanol–water partition coefficient (Wildman–Crippen LogP) is 5.51. The molecular formula is C23H23ClN2O3S. The second kappa shape index (κ2) is 9.32. The van der Waals surface area contributed by atoms with Gasteiger partial charge in [0.2, 0.25) is 0 Å². The number of rotatable bonds is 6. The summed E-state index contributed by atoms with van der Waals surface area (Å²) in [4.78, 5) is 12.6. The number of halogens is 1. The van der Waals surface area contributed by atoms with E-state index in [-0.39, 0.29) is 16.7 Å². The summed E-state index contributed by atoms with van der Waals surface area (Å²) < 4.78 is 25.9. The molecule has 0 fully saturated rings. The number of aryl methyl sites for hydroxylation is 1. The summed E-state index contributed by atoms with van der Waals surface area (Å²) in [5.74, 6) is -0.147. The molecule has 0 bridgehead atoms. The van der Waals surface area contributed by atoms with Gasteiger partial charge in [-0.2, -0.15) is 0 Å². The smallest absolute Gasteiger partial charge is 0.319 e. The minimum Gasteiger partial charge on any atom is -0.331 e. The van der Waals surface area contributed by atoms with Crippen molar-refractivity contribution in [1.29, 1.82) is 0 Å². The highest BCUT2D eigenvalue weighted by molar-refractivity contribution is 7.90. The summed E-state index contributed by atoms with van der Waals surface area (Å²) in [6, 6.07) is 20.6. The largest absolute Gasteiger partial charge is 0.331 e. The molecule has 30 heavy (non-hydrogen) atoms. The van der Waals surface area contributed by atoms with Crippen molar-refractivity contribution in [2.45, 2.75) is 30.5 Å². The first kappa shape index (κ1) is 21.9. The minimum atomic E-state index is -3.60. The molecule has 0 aliphatic carbocycles. The van der Waals surface area contributed by atoms with Gasteiger partial charge in [-0.05, 0) is 54.8 Å². The first-order chi connectivity index (χ1) is 14.2. The van der Waals surface area contributed by atoms with E-state index in [0.29, 0.717) is 21.8 Å². The molecule has 3 aromatic carbocycles. The fourth-order valence-electron chi connectivity index (χ4n) is 3.08.